The molecule has 0 unspecified atom stereocenters. The van der Waals surface area contributed by atoms with Crippen LogP contribution in [0.4, 0.5) is 26.1 Å². The van der Waals surface area contributed by atoms with Crippen molar-refractivity contribution in [2.24, 2.45) is 0 Å². The summed E-state index contributed by atoms with van der Waals surface area (Å²) in [5, 5.41) is 0. The van der Waals surface area contributed by atoms with Gasteiger partial charge in [0, 0.05) is 11.9 Å². The number of halogens is 6. The molecule has 0 amide bonds. The molecule has 0 N–H and O–H groups in total. The number of aromatic nitrogens is 1. The monoisotopic (exact) mass is 267 g/mol. The first-order valence-electron chi connectivity index (χ1n) is 3.91. The fraction of sp³-hybridized carbons (Fsp3) is 0.286. The van der Waals surface area contributed by atoms with Gasteiger partial charge in [-0.1, -0.05) is 0 Å². The van der Waals surface area contributed by atoms with Gasteiger partial charge in [-0.25, -0.2) is 0 Å². The van der Waals surface area contributed by atoms with Gasteiger partial charge in [0.25, 0.3) is 0 Å². The number of rotatable bonds is 2. The summed E-state index contributed by atoms with van der Waals surface area (Å²) >= 11 is 0. The Morgan fingerprint density at radius 2 is 1.75 bits per heavy atom. The molecule has 16 heavy (non-hydrogen) atoms. The van der Waals surface area contributed by atoms with Gasteiger partial charge in [0.15, 0.2) is 0 Å². The van der Waals surface area contributed by atoms with E-state index in [-0.39, 0.29) is 51.4 Å². The summed E-state index contributed by atoms with van der Waals surface area (Å²) in [5.74, 6) is 0. The average Bonchev–Trinajstić information content (AvgIpc) is 1.99. The van der Waals surface area contributed by atoms with E-state index in [1.807, 2.05) is 0 Å². The van der Waals surface area contributed by atoms with Crippen molar-refractivity contribution in [1.82, 2.24) is 4.98 Å². The van der Waals surface area contributed by atoms with Gasteiger partial charge in [0.1, 0.15) is 0 Å². The third-order valence-corrected chi connectivity index (χ3v) is 1.58. The maximum atomic E-state index is 12.1. The predicted molar refractivity (Wildman–Crippen MR) is 42.0 cm³/mol. The summed E-state index contributed by atoms with van der Waals surface area (Å²) in [6.07, 6.45) is -5.32. The van der Waals surface area contributed by atoms with E-state index in [1.54, 1.807) is 0 Å². The third kappa shape index (κ3) is 5.67. The summed E-state index contributed by atoms with van der Waals surface area (Å²) in [6, 6.07) is 1.04. The van der Waals surface area contributed by atoms with Gasteiger partial charge in [-0.05, 0) is 18.5 Å². The standard InChI is InChI=1S/C7H5BF6N.K/c9-7(10,11)5-1-2-15-6(3-5)4-8(12,13)14;/h1-3H,4H2;/q-1;+1. The van der Waals surface area contributed by atoms with Crippen molar-refractivity contribution in [2.75, 3.05) is 0 Å². The smallest absolute Gasteiger partial charge is 0.449 e. The SMILES string of the molecule is F[B-](F)(F)Cc1cc(C(F)(F)F)ccn1.[K+]. The molecular formula is C7H5BF6KN. The molecule has 84 valence electrons. The molecule has 0 saturated heterocycles. The molecule has 0 aromatic carbocycles. The van der Waals surface area contributed by atoms with E-state index >= 15 is 0 Å². The Morgan fingerprint density at radius 1 is 1.19 bits per heavy atom. The number of hydrogen-bond donors (Lipinski definition) is 0. The molecule has 0 atom stereocenters. The fourth-order valence-electron chi connectivity index (χ4n) is 1.00. The van der Waals surface area contributed by atoms with Crippen molar-refractivity contribution < 1.29 is 77.5 Å². The van der Waals surface area contributed by atoms with Crippen LogP contribution < -0.4 is 51.4 Å². The zero-order valence-corrected chi connectivity index (χ0v) is 11.4. The molecule has 1 nitrogen and oxygen atoms in total. The second-order valence-corrected chi connectivity index (χ2v) is 2.95. The molecule has 0 spiro atoms. The largest absolute Gasteiger partial charge is 1.00 e. The van der Waals surface area contributed by atoms with Gasteiger partial charge in [-0.15, -0.1) is 0 Å². The van der Waals surface area contributed by atoms with Crippen LogP contribution in [0.25, 0.3) is 0 Å². The Labute approximate surface area is 130 Å². The molecule has 9 heteroatoms. The van der Waals surface area contributed by atoms with Crippen LogP contribution in [0.3, 0.4) is 0 Å². The van der Waals surface area contributed by atoms with Crippen molar-refractivity contribution in [1.29, 1.82) is 0 Å². The summed E-state index contributed by atoms with van der Waals surface area (Å²) in [5.41, 5.74) is -1.73. The van der Waals surface area contributed by atoms with Crippen LogP contribution in [0.2, 0.25) is 0 Å². The van der Waals surface area contributed by atoms with E-state index in [1.165, 1.54) is 0 Å². The summed E-state index contributed by atoms with van der Waals surface area (Å²) in [7, 11) is 0. The summed E-state index contributed by atoms with van der Waals surface area (Å²) in [6.45, 7) is -5.17. The molecule has 0 fully saturated rings. The maximum Gasteiger partial charge on any atom is 1.00 e. The van der Waals surface area contributed by atoms with Crippen molar-refractivity contribution in [2.45, 2.75) is 12.5 Å². The molecule has 1 rings (SSSR count). The van der Waals surface area contributed by atoms with Crippen LogP contribution in [0.15, 0.2) is 18.3 Å². The quantitative estimate of drug-likeness (QED) is 0.544. The molecule has 0 bridgehead atoms. The molecule has 0 aliphatic rings. The Kier molecular flexibility index (Phi) is 6.01. The topological polar surface area (TPSA) is 12.9 Å². The van der Waals surface area contributed by atoms with Crippen LogP contribution in [0, 0.1) is 0 Å². The number of pyridine rings is 1. The van der Waals surface area contributed by atoms with Crippen LogP contribution in [0.5, 0.6) is 0 Å². The van der Waals surface area contributed by atoms with Gasteiger partial charge in [0.05, 0.1) is 5.56 Å². The van der Waals surface area contributed by atoms with E-state index in [4.69, 9.17) is 0 Å². The second kappa shape index (κ2) is 5.85. The molecular weight excluding hydrogens is 262 g/mol. The summed E-state index contributed by atoms with van der Waals surface area (Å²) in [4.78, 5) is 3.23. The van der Waals surface area contributed by atoms with E-state index < -0.39 is 30.7 Å². The predicted octanol–water partition coefficient (Wildman–Crippen LogP) is 0.0335. The average molecular weight is 267 g/mol. The zero-order valence-electron chi connectivity index (χ0n) is 8.23. The molecule has 0 saturated carbocycles. The maximum absolute atomic E-state index is 12.1. The van der Waals surface area contributed by atoms with E-state index in [2.05, 4.69) is 4.98 Å². The van der Waals surface area contributed by atoms with Gasteiger partial charge in [-0.2, -0.15) is 13.2 Å². The normalized spacial score (nSPS) is 12.1. The van der Waals surface area contributed by atoms with Crippen molar-refractivity contribution in [3.05, 3.63) is 29.6 Å². The minimum absolute atomic E-state index is 0. The minimum atomic E-state index is -5.17. The number of hydrogen-bond acceptors (Lipinski definition) is 1. The molecule has 0 aliphatic carbocycles. The van der Waals surface area contributed by atoms with Gasteiger partial charge in [0.2, 0.25) is 0 Å². The van der Waals surface area contributed by atoms with E-state index in [0.29, 0.717) is 12.1 Å². The second-order valence-electron chi connectivity index (χ2n) is 2.95. The Bertz CT molecular complexity index is 349. The third-order valence-electron chi connectivity index (χ3n) is 1.58. The van der Waals surface area contributed by atoms with Gasteiger partial charge >= 0.3 is 64.5 Å². The molecule has 0 aliphatic heterocycles. The van der Waals surface area contributed by atoms with Crippen LogP contribution in [-0.2, 0) is 12.5 Å². The van der Waals surface area contributed by atoms with Crippen molar-refractivity contribution in [3.63, 3.8) is 0 Å². The zero-order chi connectivity index (χ0) is 11.7. The Balaban J connectivity index is 0.00000225. The fourth-order valence-corrected chi connectivity index (χ4v) is 1.00. The van der Waals surface area contributed by atoms with Crippen LogP contribution in [-0.4, -0.2) is 12.0 Å². The Morgan fingerprint density at radius 3 is 2.19 bits per heavy atom. The summed E-state index contributed by atoms with van der Waals surface area (Å²) < 4.78 is 72.0. The minimum Gasteiger partial charge on any atom is -0.449 e. The van der Waals surface area contributed by atoms with Crippen LogP contribution in [0.1, 0.15) is 11.3 Å². The van der Waals surface area contributed by atoms with E-state index in [9.17, 15) is 26.1 Å². The van der Waals surface area contributed by atoms with Gasteiger partial charge < -0.3 is 12.9 Å². The molecule has 0 radical (unpaired) electrons. The van der Waals surface area contributed by atoms with Crippen molar-refractivity contribution >= 4 is 6.98 Å². The Hall–Kier alpha value is 0.431. The molecule has 1 aromatic rings. The first-order chi connectivity index (χ1) is 6.68. The first kappa shape index (κ1) is 16.4. The van der Waals surface area contributed by atoms with Gasteiger partial charge in [-0.3, -0.25) is 4.98 Å². The van der Waals surface area contributed by atoms with Crippen LogP contribution >= 0.6 is 0 Å². The number of alkyl halides is 3. The van der Waals surface area contributed by atoms with Crippen molar-refractivity contribution in [3.8, 4) is 0 Å². The molecule has 1 heterocycles. The first-order valence-corrected chi connectivity index (χ1v) is 3.91. The van der Waals surface area contributed by atoms with E-state index in [0.717, 1.165) is 6.20 Å². The number of nitrogens with zero attached hydrogens (tertiary/aromatic N) is 1. The molecule has 1 aromatic heterocycles.